The largest absolute Gasteiger partial charge is 0.349 e. The molecule has 1 saturated carbocycles. The highest BCUT2D eigenvalue weighted by molar-refractivity contribution is 7.99. The van der Waals surface area contributed by atoms with Gasteiger partial charge >= 0.3 is 0 Å². The van der Waals surface area contributed by atoms with Crippen LogP contribution in [0.25, 0.3) is 0 Å². The second-order valence-corrected chi connectivity index (χ2v) is 7.48. The Morgan fingerprint density at radius 2 is 2.17 bits per heavy atom. The van der Waals surface area contributed by atoms with Crippen LogP contribution in [0.3, 0.4) is 0 Å². The molecule has 1 aromatic rings. The van der Waals surface area contributed by atoms with Crippen molar-refractivity contribution >= 4 is 40.9 Å². The summed E-state index contributed by atoms with van der Waals surface area (Å²) in [5.74, 6) is 1.80. The van der Waals surface area contributed by atoms with Crippen molar-refractivity contribution in [2.45, 2.75) is 31.3 Å². The van der Waals surface area contributed by atoms with E-state index in [9.17, 15) is 9.59 Å². The van der Waals surface area contributed by atoms with Gasteiger partial charge in [-0.05, 0) is 31.0 Å². The highest BCUT2D eigenvalue weighted by Crippen LogP contribution is 2.24. The van der Waals surface area contributed by atoms with Crippen LogP contribution >= 0.6 is 23.4 Å². The van der Waals surface area contributed by atoms with E-state index < -0.39 is 0 Å². The van der Waals surface area contributed by atoms with Crippen molar-refractivity contribution in [3.63, 3.8) is 0 Å². The number of carbonyl (C=O) groups is 2. The molecule has 1 atom stereocenters. The van der Waals surface area contributed by atoms with Gasteiger partial charge in [0.15, 0.2) is 0 Å². The lowest BCUT2D eigenvalue weighted by Gasteiger charge is -2.22. The van der Waals surface area contributed by atoms with E-state index in [0.717, 1.165) is 30.9 Å². The Kier molecular flexibility index (Phi) is 5.46. The molecule has 7 heteroatoms. The minimum absolute atomic E-state index is 0.0547. The molecule has 124 valence electrons. The molecule has 1 unspecified atom stereocenters. The van der Waals surface area contributed by atoms with E-state index in [2.05, 4.69) is 16.0 Å². The van der Waals surface area contributed by atoms with Gasteiger partial charge in [-0.3, -0.25) is 9.59 Å². The van der Waals surface area contributed by atoms with Crippen LogP contribution in [0.2, 0.25) is 5.02 Å². The standard InChI is InChI=1S/C16H20ClN3O2S/c17-14-4-3-11(7-13(14)16(22)20-10-1-2-10)19-15(21)8-12-9-23-6-5-18-12/h3-4,7,10,12,18H,1-2,5-6,8-9H2,(H,19,21)(H,20,22). The third kappa shape index (κ3) is 4.86. The van der Waals surface area contributed by atoms with Crippen LogP contribution in [0.15, 0.2) is 18.2 Å². The lowest BCUT2D eigenvalue weighted by Crippen LogP contribution is -2.39. The highest BCUT2D eigenvalue weighted by atomic mass is 35.5. The number of anilines is 1. The van der Waals surface area contributed by atoms with Crippen LogP contribution in [-0.2, 0) is 4.79 Å². The average molecular weight is 354 g/mol. The Balaban J connectivity index is 1.60. The normalized spacial score (nSPS) is 20.8. The van der Waals surface area contributed by atoms with Gasteiger partial charge in [0.05, 0.1) is 10.6 Å². The van der Waals surface area contributed by atoms with E-state index in [1.807, 2.05) is 11.8 Å². The SMILES string of the molecule is O=C(CC1CSCCN1)Nc1ccc(Cl)c(C(=O)NC2CC2)c1. The number of amides is 2. The van der Waals surface area contributed by atoms with Crippen LogP contribution in [0, 0.1) is 0 Å². The summed E-state index contributed by atoms with van der Waals surface area (Å²) < 4.78 is 0. The summed E-state index contributed by atoms with van der Waals surface area (Å²) in [6.45, 7) is 0.940. The van der Waals surface area contributed by atoms with Gasteiger partial charge < -0.3 is 16.0 Å². The zero-order valence-corrected chi connectivity index (χ0v) is 14.3. The van der Waals surface area contributed by atoms with Crippen LogP contribution in [0.4, 0.5) is 5.69 Å². The van der Waals surface area contributed by atoms with E-state index in [0.29, 0.717) is 22.7 Å². The molecule has 0 radical (unpaired) electrons. The van der Waals surface area contributed by atoms with Gasteiger partial charge in [-0.25, -0.2) is 0 Å². The number of benzene rings is 1. The first-order valence-electron chi connectivity index (χ1n) is 7.83. The van der Waals surface area contributed by atoms with E-state index >= 15 is 0 Å². The minimum Gasteiger partial charge on any atom is -0.349 e. The van der Waals surface area contributed by atoms with Crippen molar-refractivity contribution in [1.82, 2.24) is 10.6 Å². The quantitative estimate of drug-likeness (QED) is 0.759. The summed E-state index contributed by atoms with van der Waals surface area (Å²) in [6.07, 6.45) is 2.47. The Morgan fingerprint density at radius 1 is 1.35 bits per heavy atom. The number of hydrogen-bond acceptors (Lipinski definition) is 4. The fourth-order valence-corrected chi connectivity index (χ4v) is 3.61. The fourth-order valence-electron chi connectivity index (χ4n) is 2.45. The van der Waals surface area contributed by atoms with E-state index in [4.69, 9.17) is 11.6 Å². The second-order valence-electron chi connectivity index (χ2n) is 5.92. The van der Waals surface area contributed by atoms with Crippen LogP contribution in [-0.4, -0.2) is 41.9 Å². The number of rotatable bonds is 5. The minimum atomic E-state index is -0.182. The molecule has 1 heterocycles. The molecule has 2 fully saturated rings. The van der Waals surface area contributed by atoms with Crippen molar-refractivity contribution in [2.75, 3.05) is 23.4 Å². The number of thioether (sulfide) groups is 1. The van der Waals surface area contributed by atoms with Gasteiger partial charge in [0.1, 0.15) is 0 Å². The van der Waals surface area contributed by atoms with Crippen molar-refractivity contribution in [1.29, 1.82) is 0 Å². The van der Waals surface area contributed by atoms with Crippen molar-refractivity contribution in [3.05, 3.63) is 28.8 Å². The molecule has 0 aromatic heterocycles. The summed E-state index contributed by atoms with van der Waals surface area (Å²) in [7, 11) is 0. The van der Waals surface area contributed by atoms with E-state index in [1.165, 1.54) is 0 Å². The molecule has 2 aliphatic rings. The molecule has 1 aliphatic carbocycles. The summed E-state index contributed by atoms with van der Waals surface area (Å²) in [4.78, 5) is 24.3. The molecule has 1 aliphatic heterocycles. The van der Waals surface area contributed by atoms with E-state index in [-0.39, 0.29) is 23.9 Å². The maximum Gasteiger partial charge on any atom is 0.253 e. The van der Waals surface area contributed by atoms with Crippen molar-refractivity contribution in [2.24, 2.45) is 0 Å². The van der Waals surface area contributed by atoms with Crippen molar-refractivity contribution in [3.8, 4) is 0 Å². The molecule has 5 nitrogen and oxygen atoms in total. The Hall–Kier alpha value is -1.24. The maximum atomic E-state index is 12.1. The predicted molar refractivity (Wildman–Crippen MR) is 94.3 cm³/mol. The molecule has 0 spiro atoms. The maximum absolute atomic E-state index is 12.1. The molecular weight excluding hydrogens is 334 g/mol. The lowest BCUT2D eigenvalue weighted by molar-refractivity contribution is -0.116. The van der Waals surface area contributed by atoms with Crippen molar-refractivity contribution < 1.29 is 9.59 Å². The Bertz CT molecular complexity index is 601. The Morgan fingerprint density at radius 3 is 2.87 bits per heavy atom. The predicted octanol–water partition coefficient (Wildman–Crippen LogP) is 2.27. The van der Waals surface area contributed by atoms with Gasteiger partial charge in [-0.1, -0.05) is 11.6 Å². The number of nitrogens with one attached hydrogen (secondary N) is 3. The molecule has 2 amide bonds. The number of halogens is 1. The molecule has 23 heavy (non-hydrogen) atoms. The third-order valence-corrected chi connectivity index (χ3v) is 5.30. The van der Waals surface area contributed by atoms with Crippen LogP contribution in [0.1, 0.15) is 29.6 Å². The zero-order valence-electron chi connectivity index (χ0n) is 12.7. The topological polar surface area (TPSA) is 70.2 Å². The second kappa shape index (κ2) is 7.55. The monoisotopic (exact) mass is 353 g/mol. The molecular formula is C16H20ClN3O2S. The summed E-state index contributed by atoms with van der Waals surface area (Å²) in [5.41, 5.74) is 1.01. The summed E-state index contributed by atoms with van der Waals surface area (Å²) >= 11 is 7.96. The first kappa shape index (κ1) is 16.6. The van der Waals surface area contributed by atoms with Gasteiger partial charge in [0.2, 0.25) is 5.91 Å². The van der Waals surface area contributed by atoms with Gasteiger partial charge in [0, 0.05) is 42.2 Å². The highest BCUT2D eigenvalue weighted by Gasteiger charge is 2.25. The number of hydrogen-bond donors (Lipinski definition) is 3. The first-order chi connectivity index (χ1) is 11.1. The smallest absolute Gasteiger partial charge is 0.253 e. The van der Waals surface area contributed by atoms with Crippen LogP contribution < -0.4 is 16.0 Å². The van der Waals surface area contributed by atoms with Gasteiger partial charge in [-0.15, -0.1) is 0 Å². The lowest BCUT2D eigenvalue weighted by atomic mass is 10.1. The summed E-state index contributed by atoms with van der Waals surface area (Å²) in [6, 6.07) is 5.48. The van der Waals surface area contributed by atoms with Crippen LogP contribution in [0.5, 0.6) is 0 Å². The molecule has 1 aromatic carbocycles. The van der Waals surface area contributed by atoms with Gasteiger partial charge in [0.25, 0.3) is 5.91 Å². The molecule has 3 rings (SSSR count). The average Bonchev–Trinajstić information content (AvgIpc) is 3.34. The molecule has 1 saturated heterocycles. The first-order valence-corrected chi connectivity index (χ1v) is 9.36. The Labute approximate surface area is 144 Å². The number of carbonyl (C=O) groups excluding carboxylic acids is 2. The molecule has 0 bridgehead atoms. The zero-order chi connectivity index (χ0) is 16.2. The third-order valence-electron chi connectivity index (χ3n) is 3.84. The van der Waals surface area contributed by atoms with Gasteiger partial charge in [-0.2, -0.15) is 11.8 Å². The van der Waals surface area contributed by atoms with E-state index in [1.54, 1.807) is 18.2 Å². The molecule has 3 N–H and O–H groups in total. The summed E-state index contributed by atoms with van der Waals surface area (Å²) in [5, 5.41) is 9.49. The fraction of sp³-hybridized carbons (Fsp3) is 0.500.